The number of aryl methyl sites for hydroxylation is 1. The Morgan fingerprint density at radius 1 is 1.14 bits per heavy atom. The smallest absolute Gasteiger partial charge is 0.290 e. The van der Waals surface area contributed by atoms with Gasteiger partial charge >= 0.3 is 0 Å². The molecular formula is C22H18N2O4. The lowest BCUT2D eigenvalue weighted by atomic mass is 9.96. The van der Waals surface area contributed by atoms with Crippen molar-refractivity contribution >= 4 is 11.7 Å². The Balaban J connectivity index is 1.79. The number of hydrogen-bond donors (Lipinski definition) is 1. The highest BCUT2D eigenvalue weighted by Gasteiger charge is 2.44. The van der Waals surface area contributed by atoms with Gasteiger partial charge in [0.2, 0.25) is 5.78 Å². The number of nitrogens with zero attached hydrogens (tertiary/aromatic N) is 2. The first-order valence-electron chi connectivity index (χ1n) is 8.85. The Kier molecular flexibility index (Phi) is 4.53. The summed E-state index contributed by atoms with van der Waals surface area (Å²) in [5, 5.41) is 10.6. The van der Waals surface area contributed by atoms with Gasteiger partial charge in [0.15, 0.2) is 11.5 Å². The molecule has 1 atom stereocenters. The third-order valence-corrected chi connectivity index (χ3v) is 4.71. The van der Waals surface area contributed by atoms with Crippen LogP contribution in [0.2, 0.25) is 0 Å². The number of amides is 1. The highest BCUT2D eigenvalue weighted by atomic mass is 16.3. The first kappa shape index (κ1) is 17.7. The van der Waals surface area contributed by atoms with Crippen LogP contribution in [0.4, 0.5) is 0 Å². The summed E-state index contributed by atoms with van der Waals surface area (Å²) in [6, 6.07) is 15.4. The molecule has 1 amide bonds. The fourth-order valence-corrected chi connectivity index (χ4v) is 3.40. The summed E-state index contributed by atoms with van der Waals surface area (Å²) in [7, 11) is 0. The van der Waals surface area contributed by atoms with Crippen molar-refractivity contribution in [1.82, 2.24) is 9.88 Å². The molecule has 140 valence electrons. The first-order chi connectivity index (χ1) is 13.6. The predicted molar refractivity (Wildman–Crippen MR) is 101 cm³/mol. The van der Waals surface area contributed by atoms with Gasteiger partial charge in [0.05, 0.1) is 11.6 Å². The summed E-state index contributed by atoms with van der Waals surface area (Å²) in [4.78, 5) is 31.5. The van der Waals surface area contributed by atoms with Crippen LogP contribution < -0.4 is 0 Å². The van der Waals surface area contributed by atoms with E-state index in [2.05, 4.69) is 4.98 Å². The van der Waals surface area contributed by atoms with Crippen LogP contribution in [0.5, 0.6) is 0 Å². The van der Waals surface area contributed by atoms with Gasteiger partial charge in [0, 0.05) is 18.9 Å². The Hall–Kier alpha value is -3.67. The molecule has 2 aromatic heterocycles. The van der Waals surface area contributed by atoms with E-state index >= 15 is 0 Å². The zero-order valence-corrected chi connectivity index (χ0v) is 15.2. The standard InChI is InChI=1S/C22H18N2O4/c1-14-9-10-17(28-14)20(25)18-19(16-8-5-11-23-12-16)24(22(27)21(18)26)13-15-6-3-2-4-7-15/h2-12,19,26H,13H2,1H3/t19-/m0/s1. The summed E-state index contributed by atoms with van der Waals surface area (Å²) in [5.41, 5.74) is 1.53. The molecule has 0 spiro atoms. The molecule has 4 rings (SSSR count). The average Bonchev–Trinajstić information content (AvgIpc) is 3.26. The van der Waals surface area contributed by atoms with Crippen LogP contribution in [-0.2, 0) is 11.3 Å². The summed E-state index contributed by atoms with van der Waals surface area (Å²) in [6.45, 7) is 1.97. The van der Waals surface area contributed by atoms with Gasteiger partial charge in [-0.3, -0.25) is 14.6 Å². The summed E-state index contributed by atoms with van der Waals surface area (Å²) >= 11 is 0. The van der Waals surface area contributed by atoms with Crippen LogP contribution in [0.3, 0.4) is 0 Å². The first-order valence-corrected chi connectivity index (χ1v) is 8.85. The van der Waals surface area contributed by atoms with Crippen molar-refractivity contribution in [3.63, 3.8) is 0 Å². The zero-order valence-electron chi connectivity index (χ0n) is 15.2. The number of rotatable bonds is 5. The van der Waals surface area contributed by atoms with Crippen molar-refractivity contribution < 1.29 is 19.1 Å². The number of Topliss-reactive ketones (excluding diaryl/α,β-unsaturated/α-hetero) is 1. The lowest BCUT2D eigenvalue weighted by Gasteiger charge is -2.26. The molecule has 0 radical (unpaired) electrons. The number of aromatic nitrogens is 1. The number of aliphatic hydroxyl groups is 1. The van der Waals surface area contributed by atoms with Crippen molar-refractivity contribution in [2.45, 2.75) is 19.5 Å². The quantitative estimate of drug-likeness (QED) is 0.688. The summed E-state index contributed by atoms with van der Waals surface area (Å²) in [5.74, 6) is -0.995. The zero-order chi connectivity index (χ0) is 19.7. The van der Waals surface area contributed by atoms with E-state index in [1.54, 1.807) is 43.6 Å². The molecular weight excluding hydrogens is 356 g/mol. The molecule has 0 fully saturated rings. The maximum atomic E-state index is 13.1. The molecule has 1 aromatic carbocycles. The van der Waals surface area contributed by atoms with E-state index in [0.717, 1.165) is 5.56 Å². The minimum Gasteiger partial charge on any atom is -0.503 e. The van der Waals surface area contributed by atoms with Gasteiger partial charge in [0.1, 0.15) is 5.76 Å². The van der Waals surface area contributed by atoms with Gasteiger partial charge in [-0.05, 0) is 36.2 Å². The van der Waals surface area contributed by atoms with Gasteiger partial charge in [0.25, 0.3) is 5.91 Å². The van der Waals surface area contributed by atoms with Gasteiger partial charge in [-0.15, -0.1) is 0 Å². The molecule has 0 saturated carbocycles. The van der Waals surface area contributed by atoms with E-state index in [-0.39, 0.29) is 17.9 Å². The number of carbonyl (C=O) groups is 2. The van der Waals surface area contributed by atoms with Crippen LogP contribution in [0.1, 0.15) is 33.5 Å². The lowest BCUT2D eigenvalue weighted by Crippen LogP contribution is -2.30. The van der Waals surface area contributed by atoms with E-state index in [9.17, 15) is 14.7 Å². The number of furan rings is 1. The second-order valence-electron chi connectivity index (χ2n) is 6.61. The average molecular weight is 374 g/mol. The van der Waals surface area contributed by atoms with Crippen molar-refractivity contribution in [3.05, 3.63) is 101 Å². The fraction of sp³-hybridized carbons (Fsp3) is 0.136. The Morgan fingerprint density at radius 3 is 2.57 bits per heavy atom. The van der Waals surface area contributed by atoms with E-state index in [0.29, 0.717) is 11.3 Å². The maximum absolute atomic E-state index is 13.1. The molecule has 6 nitrogen and oxygen atoms in total. The molecule has 0 aliphatic carbocycles. The highest BCUT2D eigenvalue weighted by molar-refractivity contribution is 6.15. The van der Waals surface area contributed by atoms with Crippen LogP contribution in [0, 0.1) is 6.92 Å². The van der Waals surface area contributed by atoms with Gasteiger partial charge < -0.3 is 14.4 Å². The monoisotopic (exact) mass is 374 g/mol. The molecule has 0 unspecified atom stereocenters. The molecule has 3 aromatic rings. The number of aliphatic hydroxyl groups excluding tert-OH is 1. The van der Waals surface area contributed by atoms with Crippen LogP contribution in [0.15, 0.2) is 82.7 Å². The van der Waals surface area contributed by atoms with E-state index in [4.69, 9.17) is 4.42 Å². The number of carbonyl (C=O) groups excluding carboxylic acids is 2. The molecule has 1 aliphatic heterocycles. The highest BCUT2D eigenvalue weighted by Crippen LogP contribution is 2.39. The number of benzene rings is 1. The molecule has 28 heavy (non-hydrogen) atoms. The normalized spacial score (nSPS) is 16.7. The van der Waals surface area contributed by atoms with Crippen molar-refractivity contribution in [3.8, 4) is 0 Å². The number of pyridine rings is 1. The van der Waals surface area contributed by atoms with Gasteiger partial charge in [-0.1, -0.05) is 36.4 Å². The van der Waals surface area contributed by atoms with Crippen molar-refractivity contribution in [2.75, 3.05) is 0 Å². The minimum absolute atomic E-state index is 0.00304. The minimum atomic E-state index is -0.751. The second-order valence-corrected chi connectivity index (χ2v) is 6.61. The van der Waals surface area contributed by atoms with Gasteiger partial charge in [-0.2, -0.15) is 0 Å². The van der Waals surface area contributed by atoms with E-state index in [1.165, 1.54) is 4.90 Å². The molecule has 0 saturated heterocycles. The van der Waals surface area contributed by atoms with E-state index in [1.807, 2.05) is 30.3 Å². The predicted octanol–water partition coefficient (Wildman–Crippen LogP) is 3.76. The lowest BCUT2D eigenvalue weighted by molar-refractivity contribution is -0.130. The van der Waals surface area contributed by atoms with Crippen molar-refractivity contribution in [2.24, 2.45) is 0 Å². The maximum Gasteiger partial charge on any atom is 0.290 e. The number of ketones is 1. The largest absolute Gasteiger partial charge is 0.503 e. The Bertz CT molecular complexity index is 1050. The second kappa shape index (κ2) is 7.15. The SMILES string of the molecule is Cc1ccc(C(=O)C2=C(O)C(=O)N(Cc3ccccc3)[C@H]2c2cccnc2)o1. The topological polar surface area (TPSA) is 83.6 Å². The van der Waals surface area contributed by atoms with Crippen molar-refractivity contribution in [1.29, 1.82) is 0 Å². The fourth-order valence-electron chi connectivity index (χ4n) is 3.40. The molecule has 1 N–H and O–H groups in total. The summed E-state index contributed by atoms with van der Waals surface area (Å²) in [6.07, 6.45) is 3.21. The van der Waals surface area contributed by atoms with Gasteiger partial charge in [-0.25, -0.2) is 0 Å². The molecule has 6 heteroatoms. The summed E-state index contributed by atoms with van der Waals surface area (Å²) < 4.78 is 5.44. The third-order valence-electron chi connectivity index (χ3n) is 4.71. The molecule has 1 aliphatic rings. The molecule has 0 bridgehead atoms. The Morgan fingerprint density at radius 2 is 1.93 bits per heavy atom. The number of hydrogen-bond acceptors (Lipinski definition) is 5. The molecule has 3 heterocycles. The van der Waals surface area contributed by atoms with E-state index < -0.39 is 23.5 Å². The third kappa shape index (κ3) is 3.09. The Labute approximate surface area is 161 Å². The van der Waals surface area contributed by atoms with Crippen LogP contribution in [0.25, 0.3) is 0 Å². The van der Waals surface area contributed by atoms with Crippen LogP contribution >= 0.6 is 0 Å². The van der Waals surface area contributed by atoms with Crippen LogP contribution in [-0.4, -0.2) is 26.7 Å².